The lowest BCUT2D eigenvalue weighted by Gasteiger charge is -2.33. The van der Waals surface area contributed by atoms with Gasteiger partial charge in [0.1, 0.15) is 0 Å². The minimum atomic E-state index is -0.609. The van der Waals surface area contributed by atoms with Crippen LogP contribution in [0.2, 0.25) is 0 Å². The lowest BCUT2D eigenvalue weighted by molar-refractivity contribution is 0.221. The zero-order valence-electron chi connectivity index (χ0n) is 14.9. The van der Waals surface area contributed by atoms with Crippen LogP contribution in [0.3, 0.4) is 0 Å². The lowest BCUT2D eigenvalue weighted by atomic mass is 10.0. The molecule has 0 spiro atoms. The maximum Gasteiger partial charge on any atom is 0.191 e. The van der Waals surface area contributed by atoms with Gasteiger partial charge in [-0.25, -0.2) is 4.39 Å². The number of benzene rings is 1. The van der Waals surface area contributed by atoms with E-state index in [1.54, 1.807) is 13.1 Å². The standard InChI is InChI=1S/C18H27FN4O.HI/c1-13(2)12-23-8-6-15(7-9-23)22-18(20-3)21-11-14-4-5-17(24)16(19)10-14;/h4-5,10,15,24H,1,6-9,11-12H2,2-3H3,(H2,20,21,22);1H. The van der Waals surface area contributed by atoms with Gasteiger partial charge < -0.3 is 15.7 Å². The van der Waals surface area contributed by atoms with E-state index in [4.69, 9.17) is 0 Å². The third kappa shape index (κ3) is 7.19. The summed E-state index contributed by atoms with van der Waals surface area (Å²) in [5, 5.41) is 15.8. The van der Waals surface area contributed by atoms with Crippen molar-refractivity contribution >= 4 is 29.9 Å². The van der Waals surface area contributed by atoms with Crippen molar-refractivity contribution in [3.05, 3.63) is 41.7 Å². The Hall–Kier alpha value is -1.35. The Morgan fingerprint density at radius 2 is 2.08 bits per heavy atom. The number of nitrogens with zero attached hydrogens (tertiary/aromatic N) is 2. The Kier molecular flexibility index (Phi) is 9.20. The SMILES string of the molecule is C=C(C)CN1CCC(NC(=NC)NCc2ccc(O)c(F)c2)CC1.I. The third-order valence-electron chi connectivity index (χ3n) is 4.12. The Bertz CT molecular complexity index is 601. The molecule has 1 saturated heterocycles. The molecule has 0 aliphatic carbocycles. The fraction of sp³-hybridized carbons (Fsp3) is 0.500. The molecule has 0 atom stereocenters. The summed E-state index contributed by atoms with van der Waals surface area (Å²) in [5.41, 5.74) is 1.95. The average Bonchev–Trinajstić information content (AvgIpc) is 2.55. The molecular formula is C18H28FIN4O. The lowest BCUT2D eigenvalue weighted by Crippen LogP contribution is -2.48. The van der Waals surface area contributed by atoms with Gasteiger partial charge in [0.15, 0.2) is 17.5 Å². The summed E-state index contributed by atoms with van der Waals surface area (Å²) in [4.78, 5) is 6.64. The molecule has 0 unspecified atom stereocenters. The van der Waals surface area contributed by atoms with Crippen molar-refractivity contribution in [2.75, 3.05) is 26.7 Å². The number of halogens is 2. The van der Waals surface area contributed by atoms with Gasteiger partial charge in [-0.05, 0) is 37.5 Å². The summed E-state index contributed by atoms with van der Waals surface area (Å²) in [6, 6.07) is 4.76. The second-order valence-electron chi connectivity index (χ2n) is 6.36. The number of hydrogen-bond donors (Lipinski definition) is 3. The van der Waals surface area contributed by atoms with Crippen LogP contribution in [0.1, 0.15) is 25.3 Å². The molecule has 1 aliphatic rings. The molecule has 7 heteroatoms. The van der Waals surface area contributed by atoms with Crippen LogP contribution in [-0.4, -0.2) is 48.7 Å². The molecule has 140 valence electrons. The molecule has 3 N–H and O–H groups in total. The number of guanidine groups is 1. The zero-order chi connectivity index (χ0) is 17.5. The van der Waals surface area contributed by atoms with Crippen molar-refractivity contribution in [3.8, 4) is 5.75 Å². The molecular weight excluding hydrogens is 434 g/mol. The molecule has 1 aliphatic heterocycles. The van der Waals surface area contributed by atoms with Gasteiger partial charge in [0, 0.05) is 39.3 Å². The quantitative estimate of drug-likeness (QED) is 0.273. The Balaban J connectivity index is 0.00000312. The van der Waals surface area contributed by atoms with Gasteiger partial charge in [-0.1, -0.05) is 18.2 Å². The fourth-order valence-electron chi connectivity index (χ4n) is 2.85. The van der Waals surface area contributed by atoms with Crippen molar-refractivity contribution in [3.63, 3.8) is 0 Å². The van der Waals surface area contributed by atoms with Crippen LogP contribution < -0.4 is 10.6 Å². The molecule has 2 rings (SSSR count). The van der Waals surface area contributed by atoms with Crippen molar-refractivity contribution in [1.82, 2.24) is 15.5 Å². The summed E-state index contributed by atoms with van der Waals surface area (Å²) in [6.45, 7) is 9.53. The minimum absolute atomic E-state index is 0. The number of nitrogens with one attached hydrogen (secondary N) is 2. The molecule has 1 heterocycles. The first-order valence-electron chi connectivity index (χ1n) is 8.29. The molecule has 0 aromatic heterocycles. The molecule has 0 saturated carbocycles. The number of hydrogen-bond acceptors (Lipinski definition) is 3. The maximum atomic E-state index is 13.4. The molecule has 0 radical (unpaired) electrons. The predicted octanol–water partition coefficient (Wildman–Crippen LogP) is 2.85. The monoisotopic (exact) mass is 462 g/mol. The normalized spacial score (nSPS) is 16.2. The van der Waals surface area contributed by atoms with E-state index in [2.05, 4.69) is 34.0 Å². The van der Waals surface area contributed by atoms with Crippen LogP contribution in [0.4, 0.5) is 4.39 Å². The first-order valence-corrected chi connectivity index (χ1v) is 8.29. The highest BCUT2D eigenvalue weighted by molar-refractivity contribution is 14.0. The van der Waals surface area contributed by atoms with Crippen molar-refractivity contribution in [2.24, 2.45) is 4.99 Å². The van der Waals surface area contributed by atoms with Gasteiger partial charge in [0.2, 0.25) is 0 Å². The smallest absolute Gasteiger partial charge is 0.191 e. The van der Waals surface area contributed by atoms with Crippen LogP contribution in [-0.2, 0) is 6.54 Å². The van der Waals surface area contributed by atoms with Gasteiger partial charge in [-0.2, -0.15) is 0 Å². The molecule has 5 nitrogen and oxygen atoms in total. The number of aromatic hydroxyl groups is 1. The van der Waals surface area contributed by atoms with Gasteiger partial charge in [0.25, 0.3) is 0 Å². The van der Waals surface area contributed by atoms with Crippen molar-refractivity contribution in [1.29, 1.82) is 0 Å². The Morgan fingerprint density at radius 3 is 2.64 bits per heavy atom. The number of aliphatic imine (C=N–C) groups is 1. The number of phenols is 1. The average molecular weight is 462 g/mol. The largest absolute Gasteiger partial charge is 0.505 e. The zero-order valence-corrected chi connectivity index (χ0v) is 17.2. The van der Waals surface area contributed by atoms with Gasteiger partial charge in [0.05, 0.1) is 0 Å². The number of phenolic OH excluding ortho intramolecular Hbond substituents is 1. The van der Waals surface area contributed by atoms with E-state index in [1.165, 1.54) is 17.7 Å². The summed E-state index contributed by atoms with van der Waals surface area (Å²) >= 11 is 0. The van der Waals surface area contributed by atoms with E-state index in [-0.39, 0.29) is 29.7 Å². The third-order valence-corrected chi connectivity index (χ3v) is 4.12. The highest BCUT2D eigenvalue weighted by atomic mass is 127. The molecule has 1 aromatic carbocycles. The molecule has 1 aromatic rings. The minimum Gasteiger partial charge on any atom is -0.505 e. The topological polar surface area (TPSA) is 59.9 Å². The summed E-state index contributed by atoms with van der Waals surface area (Å²) < 4.78 is 13.4. The van der Waals surface area contributed by atoms with E-state index >= 15 is 0 Å². The second kappa shape index (κ2) is 10.6. The first-order chi connectivity index (χ1) is 11.5. The maximum absolute atomic E-state index is 13.4. The summed E-state index contributed by atoms with van der Waals surface area (Å²) in [7, 11) is 1.73. The van der Waals surface area contributed by atoms with E-state index in [9.17, 15) is 9.50 Å². The van der Waals surface area contributed by atoms with E-state index < -0.39 is 5.82 Å². The Morgan fingerprint density at radius 1 is 1.40 bits per heavy atom. The second-order valence-corrected chi connectivity index (χ2v) is 6.36. The molecule has 1 fully saturated rings. The highest BCUT2D eigenvalue weighted by Crippen LogP contribution is 2.16. The first kappa shape index (κ1) is 21.7. The Labute approximate surface area is 166 Å². The van der Waals surface area contributed by atoms with Crippen LogP contribution in [0.15, 0.2) is 35.3 Å². The van der Waals surface area contributed by atoms with E-state index in [1.807, 2.05) is 0 Å². The van der Waals surface area contributed by atoms with Gasteiger partial charge in [-0.15, -0.1) is 24.0 Å². The molecule has 0 bridgehead atoms. The number of likely N-dealkylation sites (tertiary alicyclic amines) is 1. The number of piperidine rings is 1. The van der Waals surface area contributed by atoms with Crippen molar-refractivity contribution in [2.45, 2.75) is 32.4 Å². The van der Waals surface area contributed by atoms with Crippen LogP contribution in [0, 0.1) is 5.82 Å². The summed E-state index contributed by atoms with van der Waals surface area (Å²) in [6.07, 6.45) is 2.11. The highest BCUT2D eigenvalue weighted by Gasteiger charge is 2.19. The van der Waals surface area contributed by atoms with Gasteiger partial charge in [-0.3, -0.25) is 9.89 Å². The summed E-state index contributed by atoms with van der Waals surface area (Å²) in [5.74, 6) is -0.230. The van der Waals surface area contributed by atoms with E-state index in [0.717, 1.165) is 38.0 Å². The van der Waals surface area contributed by atoms with E-state index in [0.29, 0.717) is 18.5 Å². The molecule has 0 amide bonds. The van der Waals surface area contributed by atoms with Crippen LogP contribution >= 0.6 is 24.0 Å². The van der Waals surface area contributed by atoms with Crippen LogP contribution in [0.25, 0.3) is 0 Å². The number of rotatable bonds is 5. The van der Waals surface area contributed by atoms with Crippen LogP contribution in [0.5, 0.6) is 5.75 Å². The van der Waals surface area contributed by atoms with Gasteiger partial charge >= 0.3 is 0 Å². The predicted molar refractivity (Wildman–Crippen MR) is 111 cm³/mol. The molecule has 25 heavy (non-hydrogen) atoms. The van der Waals surface area contributed by atoms with Crippen molar-refractivity contribution < 1.29 is 9.50 Å². The fourth-order valence-corrected chi connectivity index (χ4v) is 2.85.